The number of nitrogens with two attached hydrogens (primary N) is 1. The van der Waals surface area contributed by atoms with Gasteiger partial charge < -0.3 is 10.5 Å². The van der Waals surface area contributed by atoms with Crippen molar-refractivity contribution in [2.24, 2.45) is 0 Å². The van der Waals surface area contributed by atoms with Crippen LogP contribution < -0.4 is 5.73 Å². The van der Waals surface area contributed by atoms with Crippen LogP contribution in [0.3, 0.4) is 0 Å². The maximum Gasteiger partial charge on any atom is 0.109 e. The zero-order valence-electron chi connectivity index (χ0n) is 8.25. The number of hydrogen-bond donors (Lipinski definition) is 1. The highest BCUT2D eigenvalue weighted by Gasteiger charge is 2.01. The van der Waals surface area contributed by atoms with E-state index in [1.165, 1.54) is 0 Å². The van der Waals surface area contributed by atoms with Crippen LogP contribution in [0.15, 0.2) is 16.9 Å². The van der Waals surface area contributed by atoms with E-state index in [0.717, 1.165) is 15.9 Å². The summed E-state index contributed by atoms with van der Waals surface area (Å²) in [6, 6.07) is 1.88. The van der Waals surface area contributed by atoms with Crippen molar-refractivity contribution >= 4 is 27.7 Å². The molecule has 1 heterocycles. The number of nitrogen functional groups attached to an aromatic ring is 1. The van der Waals surface area contributed by atoms with E-state index < -0.39 is 0 Å². The Morgan fingerprint density at radius 1 is 1.64 bits per heavy atom. The number of ether oxygens (including phenoxy) is 1. The van der Waals surface area contributed by atoms with Crippen LogP contribution >= 0.6 is 15.9 Å². The van der Waals surface area contributed by atoms with Crippen LogP contribution in [-0.4, -0.2) is 11.6 Å². The van der Waals surface area contributed by atoms with Crippen molar-refractivity contribution in [2.75, 3.05) is 12.3 Å². The molecule has 0 amide bonds. The Bertz CT molecular complexity index is 350. The molecule has 0 aliphatic rings. The van der Waals surface area contributed by atoms with E-state index in [4.69, 9.17) is 10.5 Å². The van der Waals surface area contributed by atoms with E-state index in [0.29, 0.717) is 12.3 Å². The first-order valence-corrected chi connectivity index (χ1v) is 5.15. The Hall–Kier alpha value is -1.03. The highest BCUT2D eigenvalue weighted by atomic mass is 79.9. The first-order valence-electron chi connectivity index (χ1n) is 4.36. The third-order valence-electron chi connectivity index (χ3n) is 1.70. The molecule has 1 rings (SSSR count). The molecular weight excluding hydrogens is 244 g/mol. The molecule has 1 aromatic heterocycles. The second-order valence-electron chi connectivity index (χ2n) is 2.83. The van der Waals surface area contributed by atoms with Crippen molar-refractivity contribution in [1.29, 1.82) is 0 Å². The lowest BCUT2D eigenvalue weighted by atomic mass is 10.2. The molecule has 0 saturated carbocycles. The number of rotatable bonds is 3. The average Bonchev–Trinajstić information content (AvgIpc) is 2.14. The molecule has 0 unspecified atom stereocenters. The van der Waals surface area contributed by atoms with Crippen LogP contribution in [-0.2, 0) is 4.74 Å². The van der Waals surface area contributed by atoms with Gasteiger partial charge in [0.2, 0.25) is 0 Å². The number of anilines is 1. The van der Waals surface area contributed by atoms with Crippen LogP contribution in [0.5, 0.6) is 0 Å². The van der Waals surface area contributed by atoms with Crippen LogP contribution in [0.1, 0.15) is 18.2 Å². The molecule has 0 fully saturated rings. The number of nitrogens with zero attached hydrogens (tertiary/aromatic N) is 1. The van der Waals surface area contributed by atoms with Crippen molar-refractivity contribution in [2.45, 2.75) is 13.8 Å². The Labute approximate surface area is 92.1 Å². The van der Waals surface area contributed by atoms with Gasteiger partial charge in [0.1, 0.15) is 4.60 Å². The molecule has 0 spiro atoms. The lowest BCUT2D eigenvalue weighted by Crippen LogP contribution is -1.95. The summed E-state index contributed by atoms with van der Waals surface area (Å²) in [5.41, 5.74) is 8.18. The fourth-order valence-electron chi connectivity index (χ4n) is 0.968. The summed E-state index contributed by atoms with van der Waals surface area (Å²) in [5.74, 6) is 0. The van der Waals surface area contributed by atoms with E-state index in [9.17, 15) is 0 Å². The highest BCUT2D eigenvalue weighted by Crippen LogP contribution is 2.20. The highest BCUT2D eigenvalue weighted by molar-refractivity contribution is 9.10. The van der Waals surface area contributed by atoms with Gasteiger partial charge in [0, 0.05) is 6.08 Å². The lowest BCUT2D eigenvalue weighted by molar-refractivity contribution is 0.272. The van der Waals surface area contributed by atoms with E-state index in [2.05, 4.69) is 20.9 Å². The smallest absolute Gasteiger partial charge is 0.109 e. The van der Waals surface area contributed by atoms with E-state index in [1.54, 1.807) is 12.3 Å². The van der Waals surface area contributed by atoms with Gasteiger partial charge in [-0.05, 0) is 41.4 Å². The molecule has 0 aromatic carbocycles. The molecule has 0 radical (unpaired) electrons. The minimum atomic E-state index is 0.642. The quantitative estimate of drug-likeness (QED) is 0.669. The maximum absolute atomic E-state index is 5.78. The van der Waals surface area contributed by atoms with Gasteiger partial charge in [0.05, 0.1) is 24.3 Å². The Balaban J connectivity index is 2.92. The predicted octanol–water partition coefficient (Wildman–Crippen LogP) is 2.74. The van der Waals surface area contributed by atoms with Crippen molar-refractivity contribution in [3.05, 3.63) is 28.2 Å². The maximum atomic E-state index is 5.78. The first-order chi connectivity index (χ1) is 6.65. The van der Waals surface area contributed by atoms with Gasteiger partial charge >= 0.3 is 0 Å². The largest absolute Gasteiger partial charge is 0.501 e. The molecular formula is C10H13BrN2O. The summed E-state index contributed by atoms with van der Waals surface area (Å²) in [6.07, 6.45) is 3.35. The first kappa shape index (κ1) is 11.0. The zero-order valence-corrected chi connectivity index (χ0v) is 9.84. The Kier molecular flexibility index (Phi) is 3.95. The van der Waals surface area contributed by atoms with Crippen LogP contribution in [0, 0.1) is 6.92 Å². The van der Waals surface area contributed by atoms with Crippen LogP contribution in [0.25, 0.3) is 6.08 Å². The molecule has 2 N–H and O–H groups in total. The fraction of sp³-hybridized carbons (Fsp3) is 0.300. The second kappa shape index (κ2) is 5.00. The molecule has 0 atom stereocenters. The topological polar surface area (TPSA) is 48.1 Å². The molecule has 14 heavy (non-hydrogen) atoms. The monoisotopic (exact) mass is 256 g/mol. The molecule has 4 heteroatoms. The van der Waals surface area contributed by atoms with Crippen molar-refractivity contribution in [3.8, 4) is 0 Å². The summed E-state index contributed by atoms with van der Waals surface area (Å²) in [7, 11) is 0. The molecule has 0 bridgehead atoms. The molecule has 1 aromatic rings. The predicted molar refractivity (Wildman–Crippen MR) is 61.7 cm³/mol. The molecule has 0 saturated heterocycles. The van der Waals surface area contributed by atoms with E-state index >= 15 is 0 Å². The number of halogens is 1. The van der Waals surface area contributed by atoms with E-state index in [1.807, 2.05) is 19.9 Å². The Morgan fingerprint density at radius 3 is 3.00 bits per heavy atom. The number of aromatic nitrogens is 1. The van der Waals surface area contributed by atoms with Gasteiger partial charge in [-0.15, -0.1) is 0 Å². The number of pyridine rings is 1. The molecule has 0 aliphatic heterocycles. The lowest BCUT2D eigenvalue weighted by Gasteiger charge is -2.03. The third-order valence-corrected chi connectivity index (χ3v) is 2.50. The fourth-order valence-corrected chi connectivity index (χ4v) is 1.27. The van der Waals surface area contributed by atoms with Crippen molar-refractivity contribution in [1.82, 2.24) is 4.98 Å². The van der Waals surface area contributed by atoms with E-state index in [-0.39, 0.29) is 0 Å². The van der Waals surface area contributed by atoms with Gasteiger partial charge in [0.25, 0.3) is 0 Å². The summed E-state index contributed by atoms with van der Waals surface area (Å²) < 4.78 is 5.88. The average molecular weight is 257 g/mol. The summed E-state index contributed by atoms with van der Waals surface area (Å²) in [5, 5.41) is 0. The van der Waals surface area contributed by atoms with Gasteiger partial charge in [-0.1, -0.05) is 0 Å². The minimum Gasteiger partial charge on any atom is -0.501 e. The van der Waals surface area contributed by atoms with Crippen LogP contribution in [0.2, 0.25) is 0 Å². The molecule has 0 aliphatic carbocycles. The van der Waals surface area contributed by atoms with Crippen molar-refractivity contribution in [3.63, 3.8) is 0 Å². The standard InChI is InChI=1S/C10H13BrN2O/c1-3-14-5-4-9-8(12)6-7(2)10(11)13-9/h4-6H,3,12H2,1-2H3. The van der Waals surface area contributed by atoms with Crippen LogP contribution in [0.4, 0.5) is 5.69 Å². The van der Waals surface area contributed by atoms with Gasteiger partial charge in [-0.3, -0.25) is 0 Å². The Morgan fingerprint density at radius 2 is 2.36 bits per heavy atom. The van der Waals surface area contributed by atoms with Gasteiger partial charge in [0.15, 0.2) is 0 Å². The molecule has 3 nitrogen and oxygen atoms in total. The summed E-state index contributed by atoms with van der Waals surface area (Å²) in [6.45, 7) is 4.51. The van der Waals surface area contributed by atoms with Gasteiger partial charge in [-0.25, -0.2) is 4.98 Å². The second-order valence-corrected chi connectivity index (χ2v) is 3.58. The molecule has 76 valence electrons. The zero-order chi connectivity index (χ0) is 10.6. The van der Waals surface area contributed by atoms with Gasteiger partial charge in [-0.2, -0.15) is 0 Å². The number of hydrogen-bond acceptors (Lipinski definition) is 3. The third kappa shape index (κ3) is 2.73. The summed E-state index contributed by atoms with van der Waals surface area (Å²) in [4.78, 5) is 4.27. The summed E-state index contributed by atoms with van der Waals surface area (Å²) >= 11 is 3.35. The SMILES string of the molecule is CCOC=Cc1nc(Br)c(C)cc1N. The van der Waals surface area contributed by atoms with Crippen molar-refractivity contribution < 1.29 is 4.74 Å². The normalized spacial score (nSPS) is 10.8. The number of aryl methyl sites for hydroxylation is 1. The minimum absolute atomic E-state index is 0.642.